The summed E-state index contributed by atoms with van der Waals surface area (Å²) in [6.45, 7) is 5.50. The van der Waals surface area contributed by atoms with Gasteiger partial charge in [0.05, 0.1) is 12.7 Å². The predicted molar refractivity (Wildman–Crippen MR) is 115 cm³/mol. The van der Waals surface area contributed by atoms with E-state index in [2.05, 4.69) is 15.7 Å². The van der Waals surface area contributed by atoms with Gasteiger partial charge in [0.15, 0.2) is 5.54 Å². The first kappa shape index (κ1) is 24.0. The highest BCUT2D eigenvalue weighted by Gasteiger charge is 2.58. The quantitative estimate of drug-likeness (QED) is 0.492. The predicted octanol–water partition coefficient (Wildman–Crippen LogP) is -0.171. The molecule has 3 rings (SSSR count). The Morgan fingerprint density at radius 3 is 2.70 bits per heavy atom. The number of hydrogen-bond acceptors (Lipinski definition) is 7. The minimum Gasteiger partial charge on any atom is -0.368 e. The second-order valence-corrected chi connectivity index (χ2v) is 8.64. The van der Waals surface area contributed by atoms with E-state index in [1.165, 1.54) is 22.8 Å². The minimum absolute atomic E-state index is 0.0187. The number of primary amides is 1. The molecule has 0 aromatic carbocycles. The Labute approximate surface area is 190 Å². The number of carbonyl (C=O) groups is 5. The minimum atomic E-state index is -1.28. The average molecular weight is 463 g/mol. The maximum absolute atomic E-state index is 13.7. The van der Waals surface area contributed by atoms with Gasteiger partial charge < -0.3 is 26.0 Å². The van der Waals surface area contributed by atoms with Gasteiger partial charge in [-0.05, 0) is 19.3 Å². The lowest BCUT2D eigenvalue weighted by Crippen LogP contribution is -2.54. The van der Waals surface area contributed by atoms with Gasteiger partial charge >= 0.3 is 12.2 Å². The number of ether oxygens (including phenoxy) is 1. The number of likely N-dealkylation sites (tertiary alicyclic amines) is 1. The van der Waals surface area contributed by atoms with Crippen molar-refractivity contribution >= 4 is 35.7 Å². The zero-order chi connectivity index (χ0) is 24.5. The van der Waals surface area contributed by atoms with Crippen LogP contribution in [-0.4, -0.2) is 81.7 Å². The van der Waals surface area contributed by atoms with Crippen molar-refractivity contribution in [2.24, 2.45) is 11.7 Å². The van der Waals surface area contributed by atoms with Gasteiger partial charge in [-0.2, -0.15) is 5.10 Å². The number of alkyl carbamates (subject to hydrolysis) is 1. The fourth-order valence-corrected chi connectivity index (χ4v) is 4.28. The Morgan fingerprint density at radius 2 is 2.09 bits per heavy atom. The second-order valence-electron chi connectivity index (χ2n) is 8.64. The number of nitrogens with one attached hydrogen (secondary N) is 2. The standard InChI is InChI=1S/C20H29N7O6/c1-5-22-18(31)33-19(32)25(4)12(8-11(2)3)16(29)26-10-20(9-13(26)15(21)28)17(30)24-14-6-7-23-27(14)20/h6-7,11-13H,5,8-10H2,1-4H3,(H2,21,28)(H,22,31)(H,24,30)/t12-,13-,20?/m0/s1. The van der Waals surface area contributed by atoms with Crippen LogP contribution < -0.4 is 16.4 Å². The van der Waals surface area contributed by atoms with Crippen LogP contribution in [0.4, 0.5) is 15.4 Å². The third-order valence-electron chi connectivity index (χ3n) is 5.90. The average Bonchev–Trinajstić information content (AvgIpc) is 3.41. The number of amides is 5. The van der Waals surface area contributed by atoms with E-state index in [1.807, 2.05) is 13.8 Å². The maximum Gasteiger partial charge on any atom is 0.419 e. The largest absolute Gasteiger partial charge is 0.419 e. The van der Waals surface area contributed by atoms with E-state index in [0.29, 0.717) is 5.82 Å². The van der Waals surface area contributed by atoms with Crippen molar-refractivity contribution < 1.29 is 28.7 Å². The van der Waals surface area contributed by atoms with Gasteiger partial charge in [-0.15, -0.1) is 0 Å². The third-order valence-corrected chi connectivity index (χ3v) is 5.90. The SMILES string of the molecule is CCNC(=O)OC(=O)N(C)[C@@H](CC(C)C)C(=O)N1CC2(C[C@H]1C(N)=O)C(=O)Nc1ccnn12. The van der Waals surface area contributed by atoms with Gasteiger partial charge in [-0.25, -0.2) is 14.3 Å². The Hall–Kier alpha value is -3.64. The number of aromatic nitrogens is 2. The molecule has 13 nitrogen and oxygen atoms in total. The van der Waals surface area contributed by atoms with Crippen LogP contribution in [0.2, 0.25) is 0 Å². The summed E-state index contributed by atoms with van der Waals surface area (Å²) in [5.74, 6) is -1.30. The van der Waals surface area contributed by atoms with E-state index < -0.39 is 47.5 Å². The molecule has 0 bridgehead atoms. The summed E-state index contributed by atoms with van der Waals surface area (Å²) < 4.78 is 6.21. The number of carbonyl (C=O) groups excluding carboxylic acids is 5. The van der Waals surface area contributed by atoms with Crippen LogP contribution in [0.25, 0.3) is 0 Å². The van der Waals surface area contributed by atoms with Crippen LogP contribution in [0.3, 0.4) is 0 Å². The van der Waals surface area contributed by atoms with Crippen molar-refractivity contribution in [2.45, 2.75) is 51.2 Å². The third kappa shape index (κ3) is 4.34. The summed E-state index contributed by atoms with van der Waals surface area (Å²) >= 11 is 0. The number of anilines is 1. The molecule has 0 aliphatic carbocycles. The smallest absolute Gasteiger partial charge is 0.368 e. The molecule has 5 amide bonds. The van der Waals surface area contributed by atoms with Crippen LogP contribution in [0.15, 0.2) is 12.3 Å². The van der Waals surface area contributed by atoms with E-state index in [9.17, 15) is 24.0 Å². The van der Waals surface area contributed by atoms with Gasteiger partial charge in [0.1, 0.15) is 17.9 Å². The topological polar surface area (TPSA) is 169 Å². The molecule has 1 fully saturated rings. The van der Waals surface area contributed by atoms with Crippen molar-refractivity contribution in [1.29, 1.82) is 0 Å². The van der Waals surface area contributed by atoms with Crippen molar-refractivity contribution in [1.82, 2.24) is 24.9 Å². The number of nitrogens with two attached hydrogens (primary N) is 1. The van der Waals surface area contributed by atoms with E-state index in [-0.39, 0.29) is 31.8 Å². The van der Waals surface area contributed by atoms with E-state index in [0.717, 1.165) is 4.90 Å². The van der Waals surface area contributed by atoms with E-state index in [1.54, 1.807) is 13.0 Å². The van der Waals surface area contributed by atoms with Crippen LogP contribution in [0.1, 0.15) is 33.6 Å². The van der Waals surface area contributed by atoms with Crippen molar-refractivity contribution in [2.75, 3.05) is 25.5 Å². The molecule has 4 N–H and O–H groups in total. The Balaban J connectivity index is 1.90. The normalized spacial score (nSPS) is 22.2. The zero-order valence-electron chi connectivity index (χ0n) is 19.0. The van der Waals surface area contributed by atoms with Gasteiger partial charge in [-0.1, -0.05) is 13.8 Å². The molecule has 1 spiro atoms. The van der Waals surface area contributed by atoms with Crippen LogP contribution in [0, 0.1) is 5.92 Å². The van der Waals surface area contributed by atoms with Crippen molar-refractivity contribution in [3.05, 3.63) is 12.3 Å². The Kier molecular flexibility index (Phi) is 6.60. The molecule has 2 aliphatic heterocycles. The van der Waals surface area contributed by atoms with Gasteiger partial charge in [-0.3, -0.25) is 19.3 Å². The molecular weight excluding hydrogens is 434 g/mol. The van der Waals surface area contributed by atoms with Gasteiger partial charge in [0.2, 0.25) is 11.8 Å². The molecule has 33 heavy (non-hydrogen) atoms. The number of nitrogens with zero attached hydrogens (tertiary/aromatic N) is 4. The Morgan fingerprint density at radius 1 is 1.39 bits per heavy atom. The number of fused-ring (bicyclic) bond motifs is 2. The first-order valence-electron chi connectivity index (χ1n) is 10.7. The lowest BCUT2D eigenvalue weighted by Gasteiger charge is -2.33. The Bertz CT molecular complexity index is 976. The molecule has 1 aromatic heterocycles. The van der Waals surface area contributed by atoms with Crippen molar-refractivity contribution in [3.63, 3.8) is 0 Å². The van der Waals surface area contributed by atoms with Gasteiger partial charge in [0, 0.05) is 26.1 Å². The molecule has 3 atom stereocenters. The molecule has 180 valence electrons. The molecular formula is C20H29N7O6. The molecule has 0 saturated carbocycles. The molecule has 1 saturated heterocycles. The highest BCUT2D eigenvalue weighted by molar-refractivity contribution is 6.03. The van der Waals surface area contributed by atoms with Crippen LogP contribution in [-0.2, 0) is 24.7 Å². The van der Waals surface area contributed by atoms with Crippen LogP contribution in [0.5, 0.6) is 0 Å². The monoisotopic (exact) mass is 463 g/mol. The van der Waals surface area contributed by atoms with Crippen molar-refractivity contribution in [3.8, 4) is 0 Å². The summed E-state index contributed by atoms with van der Waals surface area (Å²) in [7, 11) is 1.34. The summed E-state index contributed by atoms with van der Waals surface area (Å²) in [4.78, 5) is 65.2. The highest BCUT2D eigenvalue weighted by Crippen LogP contribution is 2.40. The fourth-order valence-electron chi connectivity index (χ4n) is 4.28. The summed E-state index contributed by atoms with van der Waals surface area (Å²) in [5.41, 5.74) is 4.32. The zero-order valence-corrected chi connectivity index (χ0v) is 19.0. The van der Waals surface area contributed by atoms with E-state index >= 15 is 0 Å². The number of rotatable bonds is 6. The summed E-state index contributed by atoms with van der Waals surface area (Å²) in [5, 5.41) is 9.24. The lowest BCUT2D eigenvalue weighted by atomic mass is 9.96. The first-order valence-corrected chi connectivity index (χ1v) is 10.7. The number of hydrogen-bond donors (Lipinski definition) is 3. The lowest BCUT2D eigenvalue weighted by molar-refractivity contribution is -0.141. The summed E-state index contributed by atoms with van der Waals surface area (Å²) in [6, 6.07) is -0.519. The van der Waals surface area contributed by atoms with Crippen LogP contribution >= 0.6 is 0 Å². The second kappa shape index (κ2) is 9.08. The van der Waals surface area contributed by atoms with E-state index in [4.69, 9.17) is 10.5 Å². The molecule has 3 heterocycles. The molecule has 1 aromatic rings. The molecule has 2 aliphatic rings. The fraction of sp³-hybridized carbons (Fsp3) is 0.600. The molecule has 1 unspecified atom stereocenters. The first-order chi connectivity index (χ1) is 15.5. The molecule has 0 radical (unpaired) electrons. The molecule has 13 heteroatoms. The number of likely N-dealkylation sites (N-methyl/N-ethyl adjacent to an activating group) is 1. The maximum atomic E-state index is 13.7. The highest BCUT2D eigenvalue weighted by atomic mass is 16.6. The summed E-state index contributed by atoms with van der Waals surface area (Å²) in [6.07, 6.45) is -0.261. The van der Waals surface area contributed by atoms with Gasteiger partial charge in [0.25, 0.3) is 5.91 Å².